The third kappa shape index (κ3) is 6.58. The first-order valence-electron chi connectivity index (χ1n) is 11.2. The first-order chi connectivity index (χ1) is 15.0. The van der Waals surface area contributed by atoms with Crippen molar-refractivity contribution < 1.29 is 14.3 Å². The lowest BCUT2D eigenvalue weighted by Crippen LogP contribution is -2.49. The molecular formula is C26H34N2O3. The van der Waals surface area contributed by atoms with Crippen LogP contribution in [-0.4, -0.2) is 35.9 Å². The number of carbonyl (C=O) groups is 2. The zero-order valence-corrected chi connectivity index (χ0v) is 18.9. The average molecular weight is 423 g/mol. The van der Waals surface area contributed by atoms with Crippen molar-refractivity contribution >= 4 is 11.8 Å². The van der Waals surface area contributed by atoms with Gasteiger partial charge in [-0.3, -0.25) is 9.59 Å². The van der Waals surface area contributed by atoms with Gasteiger partial charge in [-0.05, 0) is 56.4 Å². The summed E-state index contributed by atoms with van der Waals surface area (Å²) in [5.74, 6) is 0.656. The van der Waals surface area contributed by atoms with Crippen LogP contribution in [0.5, 0.6) is 5.75 Å². The number of hydrogen-bond acceptors (Lipinski definition) is 3. The van der Waals surface area contributed by atoms with Crippen LogP contribution in [0.3, 0.4) is 0 Å². The number of amides is 2. The van der Waals surface area contributed by atoms with Crippen LogP contribution in [0, 0.1) is 6.92 Å². The maximum Gasteiger partial charge on any atom is 0.242 e. The minimum atomic E-state index is -0.530. The molecule has 1 aliphatic carbocycles. The second kappa shape index (κ2) is 11.0. The molecule has 0 spiro atoms. The predicted octanol–water partition coefficient (Wildman–Crippen LogP) is 4.41. The zero-order chi connectivity index (χ0) is 22.2. The molecule has 0 heterocycles. The van der Waals surface area contributed by atoms with Crippen LogP contribution in [0.15, 0.2) is 48.5 Å². The number of rotatable bonds is 9. The first-order valence-corrected chi connectivity index (χ1v) is 11.2. The SMILES string of the molecule is COc1cccc(CN(C(=O)CCc2ccc(C)cc2)[C@@H](C)C(=O)NC2CCCC2)c1. The standard InChI is InChI=1S/C26H34N2O3/c1-19-11-13-21(14-12-19)15-16-25(29)28(18-22-7-6-10-24(17-22)31-3)20(2)26(30)27-23-8-4-5-9-23/h6-7,10-14,17,20,23H,4-5,8-9,15-16,18H2,1-3H3,(H,27,30)/t20-/m0/s1. The Morgan fingerprint density at radius 1 is 1.10 bits per heavy atom. The molecule has 31 heavy (non-hydrogen) atoms. The second-order valence-corrected chi connectivity index (χ2v) is 8.52. The van der Waals surface area contributed by atoms with E-state index in [2.05, 4.69) is 36.5 Å². The molecule has 0 radical (unpaired) electrons. The lowest BCUT2D eigenvalue weighted by Gasteiger charge is -2.30. The van der Waals surface area contributed by atoms with Crippen LogP contribution >= 0.6 is 0 Å². The van der Waals surface area contributed by atoms with E-state index < -0.39 is 6.04 Å². The Morgan fingerprint density at radius 3 is 2.48 bits per heavy atom. The molecule has 0 aliphatic heterocycles. The molecule has 1 aliphatic rings. The van der Waals surface area contributed by atoms with Gasteiger partial charge < -0.3 is 15.0 Å². The smallest absolute Gasteiger partial charge is 0.242 e. The maximum atomic E-state index is 13.2. The van der Waals surface area contributed by atoms with Crippen molar-refractivity contribution in [3.05, 3.63) is 65.2 Å². The van der Waals surface area contributed by atoms with Gasteiger partial charge in [-0.25, -0.2) is 0 Å². The second-order valence-electron chi connectivity index (χ2n) is 8.52. The fourth-order valence-electron chi connectivity index (χ4n) is 4.09. The van der Waals surface area contributed by atoms with E-state index >= 15 is 0 Å². The number of benzene rings is 2. The van der Waals surface area contributed by atoms with Crippen molar-refractivity contribution in [1.29, 1.82) is 0 Å². The van der Waals surface area contributed by atoms with Crippen LogP contribution in [-0.2, 0) is 22.6 Å². The number of aryl methyl sites for hydroxylation is 2. The van der Waals surface area contributed by atoms with Crippen LogP contribution in [0.25, 0.3) is 0 Å². The topological polar surface area (TPSA) is 58.6 Å². The van der Waals surface area contributed by atoms with Gasteiger partial charge in [-0.2, -0.15) is 0 Å². The Balaban J connectivity index is 1.72. The minimum Gasteiger partial charge on any atom is -0.497 e. The minimum absolute atomic E-state index is 0.0162. The van der Waals surface area contributed by atoms with Gasteiger partial charge in [0.1, 0.15) is 11.8 Å². The van der Waals surface area contributed by atoms with Gasteiger partial charge in [0.25, 0.3) is 0 Å². The summed E-state index contributed by atoms with van der Waals surface area (Å²) in [6.07, 6.45) is 5.38. The van der Waals surface area contributed by atoms with Gasteiger partial charge in [0.2, 0.25) is 11.8 Å². The first kappa shape index (κ1) is 22.9. The quantitative estimate of drug-likeness (QED) is 0.651. The molecule has 166 valence electrons. The summed E-state index contributed by atoms with van der Waals surface area (Å²) < 4.78 is 5.33. The van der Waals surface area contributed by atoms with Gasteiger partial charge in [-0.15, -0.1) is 0 Å². The maximum absolute atomic E-state index is 13.2. The van der Waals surface area contributed by atoms with E-state index in [9.17, 15) is 9.59 Å². The zero-order valence-electron chi connectivity index (χ0n) is 18.9. The summed E-state index contributed by atoms with van der Waals surface area (Å²) in [5, 5.41) is 3.14. The Morgan fingerprint density at radius 2 is 1.81 bits per heavy atom. The highest BCUT2D eigenvalue weighted by atomic mass is 16.5. The molecule has 3 rings (SSSR count). The summed E-state index contributed by atoms with van der Waals surface area (Å²) in [6.45, 7) is 4.26. The molecule has 1 fully saturated rings. The van der Waals surface area contributed by atoms with Crippen molar-refractivity contribution in [3.63, 3.8) is 0 Å². The molecule has 0 bridgehead atoms. The molecule has 0 aromatic heterocycles. The molecular weight excluding hydrogens is 388 g/mol. The third-order valence-electron chi connectivity index (χ3n) is 6.10. The van der Waals surface area contributed by atoms with Crippen molar-refractivity contribution in [2.75, 3.05) is 7.11 Å². The Labute approximate surface area is 185 Å². The highest BCUT2D eigenvalue weighted by molar-refractivity contribution is 5.87. The van der Waals surface area contributed by atoms with Crippen molar-refractivity contribution in [1.82, 2.24) is 10.2 Å². The molecule has 0 saturated heterocycles. The fourth-order valence-corrected chi connectivity index (χ4v) is 4.09. The van der Waals surface area contributed by atoms with Crippen molar-refractivity contribution in [3.8, 4) is 5.75 Å². The monoisotopic (exact) mass is 422 g/mol. The summed E-state index contributed by atoms with van der Waals surface area (Å²) in [6, 6.07) is 15.6. The van der Waals surface area contributed by atoms with Gasteiger partial charge in [0.05, 0.1) is 7.11 Å². The highest BCUT2D eigenvalue weighted by Crippen LogP contribution is 2.20. The van der Waals surface area contributed by atoms with Gasteiger partial charge >= 0.3 is 0 Å². The summed E-state index contributed by atoms with van der Waals surface area (Å²) >= 11 is 0. The molecule has 1 saturated carbocycles. The summed E-state index contributed by atoms with van der Waals surface area (Å²) in [4.78, 5) is 27.9. The third-order valence-corrected chi connectivity index (χ3v) is 6.10. The van der Waals surface area contributed by atoms with E-state index in [0.29, 0.717) is 19.4 Å². The van der Waals surface area contributed by atoms with Gasteiger partial charge in [0, 0.05) is 19.0 Å². The van der Waals surface area contributed by atoms with E-state index in [0.717, 1.165) is 42.6 Å². The molecule has 0 unspecified atom stereocenters. The Hall–Kier alpha value is -2.82. The number of hydrogen-bond donors (Lipinski definition) is 1. The number of nitrogens with zero attached hydrogens (tertiary/aromatic N) is 1. The number of nitrogens with one attached hydrogen (secondary N) is 1. The van der Waals surface area contributed by atoms with E-state index in [4.69, 9.17) is 4.74 Å². The molecule has 5 nitrogen and oxygen atoms in total. The molecule has 1 atom stereocenters. The fraction of sp³-hybridized carbons (Fsp3) is 0.462. The van der Waals surface area contributed by atoms with Crippen molar-refractivity contribution in [2.24, 2.45) is 0 Å². The molecule has 5 heteroatoms. The Bertz CT molecular complexity index is 872. The molecule has 2 amide bonds. The lowest BCUT2D eigenvalue weighted by molar-refractivity contribution is -0.140. The molecule has 2 aromatic rings. The molecule has 1 N–H and O–H groups in total. The Kier molecular flexibility index (Phi) is 8.10. The highest BCUT2D eigenvalue weighted by Gasteiger charge is 2.28. The summed E-state index contributed by atoms with van der Waals surface area (Å²) in [7, 11) is 1.63. The van der Waals surface area contributed by atoms with E-state index in [1.54, 1.807) is 12.0 Å². The number of methoxy groups -OCH3 is 1. The summed E-state index contributed by atoms with van der Waals surface area (Å²) in [5.41, 5.74) is 3.28. The number of ether oxygens (including phenoxy) is 1. The van der Waals surface area contributed by atoms with Crippen LogP contribution < -0.4 is 10.1 Å². The largest absolute Gasteiger partial charge is 0.497 e. The van der Waals surface area contributed by atoms with Gasteiger partial charge in [0.15, 0.2) is 0 Å². The average Bonchev–Trinajstić information content (AvgIpc) is 3.29. The van der Waals surface area contributed by atoms with E-state index in [1.165, 1.54) is 5.56 Å². The number of carbonyl (C=O) groups excluding carboxylic acids is 2. The van der Waals surface area contributed by atoms with E-state index in [1.807, 2.05) is 31.2 Å². The van der Waals surface area contributed by atoms with Crippen LogP contribution in [0.1, 0.15) is 55.7 Å². The molecule has 2 aromatic carbocycles. The van der Waals surface area contributed by atoms with E-state index in [-0.39, 0.29) is 17.9 Å². The lowest BCUT2D eigenvalue weighted by atomic mass is 10.1. The van der Waals surface area contributed by atoms with Crippen LogP contribution in [0.4, 0.5) is 0 Å². The normalized spacial score (nSPS) is 14.8. The van der Waals surface area contributed by atoms with Crippen molar-refractivity contribution in [2.45, 2.75) is 71.0 Å². The van der Waals surface area contributed by atoms with Crippen LogP contribution in [0.2, 0.25) is 0 Å². The van der Waals surface area contributed by atoms with Gasteiger partial charge in [-0.1, -0.05) is 54.8 Å². The predicted molar refractivity (Wildman–Crippen MR) is 123 cm³/mol.